The third-order valence-electron chi connectivity index (χ3n) is 3.73. The van der Waals surface area contributed by atoms with E-state index in [0.717, 1.165) is 11.8 Å². The first-order valence-electron chi connectivity index (χ1n) is 8.00. The molecule has 3 aromatic heterocycles. The van der Waals surface area contributed by atoms with Gasteiger partial charge in [-0.05, 0) is 24.3 Å². The first-order valence-corrected chi connectivity index (χ1v) is 8.99. The maximum absolute atomic E-state index is 12.9. The summed E-state index contributed by atoms with van der Waals surface area (Å²) < 4.78 is 6.87. The maximum atomic E-state index is 12.9. The number of hydrogen-bond acceptors (Lipinski definition) is 7. The number of para-hydroxylation sites is 1. The van der Waals surface area contributed by atoms with E-state index in [9.17, 15) is 9.59 Å². The number of carbonyl (C=O) groups is 1. The van der Waals surface area contributed by atoms with Crippen LogP contribution in [0.1, 0.15) is 5.76 Å². The second-order valence-electron chi connectivity index (χ2n) is 5.55. The number of anilines is 1. The lowest BCUT2D eigenvalue weighted by Crippen LogP contribution is -2.24. The van der Waals surface area contributed by atoms with Crippen LogP contribution in [0.5, 0.6) is 0 Å². The molecule has 0 aliphatic heterocycles. The van der Waals surface area contributed by atoms with Crippen molar-refractivity contribution in [2.45, 2.75) is 11.7 Å². The quantitative estimate of drug-likeness (QED) is 0.386. The second kappa shape index (κ2) is 7.46. The number of aromatic amines is 1. The van der Waals surface area contributed by atoms with Crippen molar-refractivity contribution < 1.29 is 9.21 Å². The van der Waals surface area contributed by atoms with E-state index in [1.54, 1.807) is 36.6 Å². The van der Waals surface area contributed by atoms with E-state index in [0.29, 0.717) is 21.8 Å². The van der Waals surface area contributed by atoms with E-state index in [1.807, 2.05) is 6.07 Å². The Morgan fingerprint density at radius 1 is 1.26 bits per heavy atom. The lowest BCUT2D eigenvalue weighted by Gasteiger charge is -2.12. The number of fused-ring (bicyclic) bond motifs is 1. The molecule has 0 atom stereocenters. The number of hydrogen-bond donors (Lipinski definition) is 2. The zero-order chi connectivity index (χ0) is 18.6. The summed E-state index contributed by atoms with van der Waals surface area (Å²) in [5.41, 5.74) is 0.395. The Balaban J connectivity index is 1.63. The number of thioether (sulfide) groups is 1. The number of aromatic nitrogens is 5. The molecule has 9 nitrogen and oxygen atoms in total. The molecule has 0 unspecified atom stereocenters. The van der Waals surface area contributed by atoms with Gasteiger partial charge >= 0.3 is 0 Å². The molecule has 0 aliphatic carbocycles. The van der Waals surface area contributed by atoms with Gasteiger partial charge in [0.25, 0.3) is 5.56 Å². The van der Waals surface area contributed by atoms with Crippen LogP contribution >= 0.6 is 11.8 Å². The summed E-state index contributed by atoms with van der Waals surface area (Å²) in [7, 11) is 0. The fourth-order valence-corrected chi connectivity index (χ4v) is 3.32. The highest BCUT2D eigenvalue weighted by molar-refractivity contribution is 7.99. The summed E-state index contributed by atoms with van der Waals surface area (Å²) in [5.74, 6) is 0.662. The summed E-state index contributed by atoms with van der Waals surface area (Å²) in [6.07, 6.45) is 2.85. The minimum atomic E-state index is -0.288. The Labute approximate surface area is 156 Å². The number of nitrogens with one attached hydrogen (secondary N) is 2. The van der Waals surface area contributed by atoms with Crippen LogP contribution in [-0.2, 0) is 11.3 Å². The van der Waals surface area contributed by atoms with Gasteiger partial charge in [0.2, 0.25) is 11.9 Å². The van der Waals surface area contributed by atoms with Gasteiger partial charge in [-0.15, -0.1) is 0 Å². The van der Waals surface area contributed by atoms with Crippen LogP contribution in [0.4, 0.5) is 5.95 Å². The minimum Gasteiger partial charge on any atom is -0.467 e. The van der Waals surface area contributed by atoms with Gasteiger partial charge < -0.3 is 4.42 Å². The number of rotatable bonds is 6. The number of carbonyl (C=O) groups excluding carboxylic acids is 1. The highest BCUT2D eigenvalue weighted by Gasteiger charge is 2.15. The first-order chi connectivity index (χ1) is 13.2. The fraction of sp³-hybridized carbons (Fsp3) is 0.118. The van der Waals surface area contributed by atoms with Crippen LogP contribution in [-0.4, -0.2) is 36.4 Å². The van der Waals surface area contributed by atoms with Crippen molar-refractivity contribution in [2.24, 2.45) is 0 Å². The predicted octanol–water partition coefficient (Wildman–Crippen LogP) is 1.89. The van der Waals surface area contributed by atoms with Crippen LogP contribution in [0.2, 0.25) is 0 Å². The summed E-state index contributed by atoms with van der Waals surface area (Å²) >= 11 is 1.16. The maximum Gasteiger partial charge on any atom is 0.262 e. The smallest absolute Gasteiger partial charge is 0.262 e. The number of benzene rings is 1. The van der Waals surface area contributed by atoms with E-state index < -0.39 is 0 Å². The molecule has 1 amide bonds. The average molecular weight is 382 g/mol. The molecule has 0 saturated heterocycles. The first kappa shape index (κ1) is 17.0. The molecular formula is C17H14N6O3S. The molecule has 0 radical (unpaired) electrons. The Kier molecular flexibility index (Phi) is 4.71. The molecule has 1 aromatic carbocycles. The number of furan rings is 1. The molecule has 136 valence electrons. The normalized spacial score (nSPS) is 11.0. The number of amides is 1. The average Bonchev–Trinajstić information content (AvgIpc) is 3.37. The lowest BCUT2D eigenvalue weighted by atomic mass is 10.2. The SMILES string of the molecule is O=C(CSc1nc2ccccc2c(=O)n1Cc1ccco1)Nc1ncn[nH]1. The van der Waals surface area contributed by atoms with Crippen LogP contribution in [0.15, 0.2) is 63.4 Å². The third kappa shape index (κ3) is 3.75. The van der Waals surface area contributed by atoms with E-state index in [4.69, 9.17) is 4.42 Å². The summed E-state index contributed by atoms with van der Waals surface area (Å²) in [4.78, 5) is 33.4. The highest BCUT2D eigenvalue weighted by Crippen LogP contribution is 2.19. The molecule has 27 heavy (non-hydrogen) atoms. The molecule has 4 aromatic rings. The standard InChI is InChI=1S/C17H14N6O3S/c24-14(21-16-18-10-19-22-16)9-27-17-20-13-6-2-1-5-12(13)15(25)23(17)8-11-4-3-7-26-11/h1-7,10H,8-9H2,(H2,18,19,21,22,24). The van der Waals surface area contributed by atoms with Gasteiger partial charge in [0.15, 0.2) is 5.16 Å². The Hall–Kier alpha value is -3.40. The molecule has 4 rings (SSSR count). The summed E-state index contributed by atoms with van der Waals surface area (Å²) in [6, 6.07) is 10.6. The van der Waals surface area contributed by atoms with Crippen molar-refractivity contribution in [3.8, 4) is 0 Å². The van der Waals surface area contributed by atoms with E-state index in [-0.39, 0.29) is 29.7 Å². The monoisotopic (exact) mass is 382 g/mol. The van der Waals surface area contributed by atoms with Crippen LogP contribution in [0.25, 0.3) is 10.9 Å². The van der Waals surface area contributed by atoms with E-state index in [1.165, 1.54) is 10.9 Å². The molecule has 3 heterocycles. The Morgan fingerprint density at radius 2 is 2.15 bits per heavy atom. The van der Waals surface area contributed by atoms with Crippen LogP contribution in [0.3, 0.4) is 0 Å². The molecule has 10 heteroatoms. The molecule has 0 saturated carbocycles. The molecule has 0 spiro atoms. The molecule has 0 fully saturated rings. The van der Waals surface area contributed by atoms with Gasteiger partial charge in [0.1, 0.15) is 12.1 Å². The van der Waals surface area contributed by atoms with Crippen LogP contribution < -0.4 is 10.9 Å². The van der Waals surface area contributed by atoms with Crippen molar-refractivity contribution in [3.63, 3.8) is 0 Å². The Morgan fingerprint density at radius 3 is 2.93 bits per heavy atom. The van der Waals surface area contributed by atoms with E-state index in [2.05, 4.69) is 25.5 Å². The molecule has 0 bridgehead atoms. The van der Waals surface area contributed by atoms with Crippen molar-refractivity contribution in [1.82, 2.24) is 24.7 Å². The lowest BCUT2D eigenvalue weighted by molar-refractivity contribution is -0.113. The van der Waals surface area contributed by atoms with Crippen molar-refractivity contribution in [2.75, 3.05) is 11.1 Å². The van der Waals surface area contributed by atoms with Gasteiger partial charge in [-0.3, -0.25) is 19.5 Å². The number of nitrogens with zero attached hydrogens (tertiary/aromatic N) is 4. The van der Waals surface area contributed by atoms with Gasteiger partial charge in [0, 0.05) is 0 Å². The zero-order valence-corrected chi connectivity index (χ0v) is 14.8. The zero-order valence-electron chi connectivity index (χ0n) is 14.0. The minimum absolute atomic E-state index is 0.0592. The second-order valence-corrected chi connectivity index (χ2v) is 6.50. The topological polar surface area (TPSA) is 119 Å². The van der Waals surface area contributed by atoms with Gasteiger partial charge in [-0.25, -0.2) is 10.1 Å². The van der Waals surface area contributed by atoms with Crippen molar-refractivity contribution in [1.29, 1.82) is 0 Å². The van der Waals surface area contributed by atoms with Gasteiger partial charge in [0.05, 0.1) is 29.5 Å². The Bertz CT molecular complexity index is 1120. The fourth-order valence-electron chi connectivity index (χ4n) is 2.52. The summed E-state index contributed by atoms with van der Waals surface area (Å²) in [5, 5.41) is 9.76. The summed E-state index contributed by atoms with van der Waals surface area (Å²) in [6.45, 7) is 0.232. The van der Waals surface area contributed by atoms with Crippen molar-refractivity contribution >= 4 is 34.5 Å². The highest BCUT2D eigenvalue weighted by atomic mass is 32.2. The predicted molar refractivity (Wildman–Crippen MR) is 99.5 cm³/mol. The molecule has 2 N–H and O–H groups in total. The van der Waals surface area contributed by atoms with Crippen LogP contribution in [0, 0.1) is 0 Å². The number of H-pyrrole nitrogens is 1. The van der Waals surface area contributed by atoms with Gasteiger partial charge in [-0.1, -0.05) is 23.9 Å². The van der Waals surface area contributed by atoms with E-state index >= 15 is 0 Å². The molecular weight excluding hydrogens is 368 g/mol. The third-order valence-corrected chi connectivity index (χ3v) is 4.70. The van der Waals surface area contributed by atoms with Crippen molar-refractivity contribution in [3.05, 3.63) is 65.1 Å². The molecule has 0 aliphatic rings. The van der Waals surface area contributed by atoms with Gasteiger partial charge in [-0.2, -0.15) is 10.1 Å². The largest absolute Gasteiger partial charge is 0.467 e.